The molecule has 0 aromatic carbocycles. The topological polar surface area (TPSA) is 3.88 Å². The molecule has 35 heavy (non-hydrogen) atoms. The lowest BCUT2D eigenvalue weighted by Gasteiger charge is -2.04. The lowest BCUT2D eigenvalue weighted by atomic mass is 10.0. The zero-order valence-corrected chi connectivity index (χ0v) is 24.3. The molecule has 0 unspecified atom stereocenters. The molecule has 204 valence electrons. The average Bonchev–Trinajstić information content (AvgIpc) is 2.88. The van der Waals surface area contributed by atoms with Gasteiger partial charge < -0.3 is 0 Å². The van der Waals surface area contributed by atoms with E-state index in [4.69, 9.17) is 0 Å². The average molecular weight is 487 g/mol. The molecule has 0 saturated heterocycles. The molecular formula is C34H64N+. The molecule has 0 saturated carbocycles. The molecule has 1 aromatic heterocycles. The highest BCUT2D eigenvalue weighted by atomic mass is 14.9. The fraction of sp³-hybridized carbons (Fsp3) is 0.853. The normalized spacial score (nSPS) is 11.4. The van der Waals surface area contributed by atoms with E-state index in [0.717, 1.165) is 0 Å². The molecule has 0 aliphatic heterocycles. The van der Waals surface area contributed by atoms with E-state index in [1.54, 1.807) is 0 Å². The fourth-order valence-corrected chi connectivity index (χ4v) is 5.29. The zero-order chi connectivity index (χ0) is 25.1. The summed E-state index contributed by atoms with van der Waals surface area (Å²) in [5, 5.41) is 0. The van der Waals surface area contributed by atoms with Crippen molar-refractivity contribution in [3.05, 3.63) is 30.1 Å². The van der Waals surface area contributed by atoms with E-state index in [1.165, 1.54) is 179 Å². The molecule has 1 aromatic rings. The summed E-state index contributed by atoms with van der Waals surface area (Å²) in [6.45, 7) is 5.79. The Labute approximate surface area is 221 Å². The molecule has 0 aliphatic rings. The number of hydrogen-bond donors (Lipinski definition) is 0. The van der Waals surface area contributed by atoms with Gasteiger partial charge in [0.25, 0.3) is 0 Å². The smallest absolute Gasteiger partial charge is 0.169 e. The van der Waals surface area contributed by atoms with Crippen molar-refractivity contribution in [1.82, 2.24) is 0 Å². The van der Waals surface area contributed by atoms with Gasteiger partial charge in [0.2, 0.25) is 0 Å². The predicted molar refractivity (Wildman–Crippen MR) is 157 cm³/mol. The Morgan fingerprint density at radius 3 is 1.09 bits per heavy atom. The second-order valence-electron chi connectivity index (χ2n) is 11.3. The highest BCUT2D eigenvalue weighted by Crippen LogP contribution is 2.14. The molecule has 1 nitrogen and oxygen atoms in total. The van der Waals surface area contributed by atoms with Gasteiger partial charge in [0.1, 0.15) is 6.54 Å². The lowest BCUT2D eigenvalue weighted by Crippen LogP contribution is -2.32. The summed E-state index contributed by atoms with van der Waals surface area (Å²) in [7, 11) is 0. The van der Waals surface area contributed by atoms with Crippen molar-refractivity contribution >= 4 is 0 Å². The Kier molecular flexibility index (Phi) is 24.1. The molecule has 1 rings (SSSR count). The lowest BCUT2D eigenvalue weighted by molar-refractivity contribution is -0.697. The first-order valence-corrected chi connectivity index (χ1v) is 16.3. The van der Waals surface area contributed by atoms with Crippen LogP contribution >= 0.6 is 0 Å². The van der Waals surface area contributed by atoms with E-state index in [2.05, 4.69) is 42.9 Å². The third-order valence-corrected chi connectivity index (χ3v) is 7.80. The van der Waals surface area contributed by atoms with Crippen LogP contribution in [0.1, 0.15) is 180 Å². The number of aryl methyl sites for hydroxylation is 2. The minimum absolute atomic E-state index is 1.19. The Morgan fingerprint density at radius 2 is 0.714 bits per heavy atom. The van der Waals surface area contributed by atoms with Gasteiger partial charge in [0, 0.05) is 18.6 Å². The van der Waals surface area contributed by atoms with Gasteiger partial charge in [-0.25, -0.2) is 4.57 Å². The first-order valence-electron chi connectivity index (χ1n) is 16.3. The van der Waals surface area contributed by atoms with Crippen molar-refractivity contribution in [2.24, 2.45) is 0 Å². The Hall–Kier alpha value is -0.850. The number of rotatable bonds is 27. The largest absolute Gasteiger partial charge is 0.205 e. The molecule has 0 bridgehead atoms. The van der Waals surface area contributed by atoms with Crippen molar-refractivity contribution in [3.8, 4) is 0 Å². The maximum atomic E-state index is 2.39. The maximum Gasteiger partial charge on any atom is 0.169 e. The first-order chi connectivity index (χ1) is 17.4. The summed E-state index contributed by atoms with van der Waals surface area (Å²) in [5.41, 5.74) is 1.52. The Morgan fingerprint density at radius 1 is 0.400 bits per heavy atom. The molecule has 0 aliphatic carbocycles. The minimum atomic E-state index is 1.19. The Balaban J connectivity index is 1.81. The van der Waals surface area contributed by atoms with Crippen LogP contribution in [0.5, 0.6) is 0 Å². The minimum Gasteiger partial charge on any atom is -0.205 e. The van der Waals surface area contributed by atoms with E-state index in [-0.39, 0.29) is 0 Å². The van der Waals surface area contributed by atoms with Crippen LogP contribution in [0.15, 0.2) is 24.5 Å². The van der Waals surface area contributed by atoms with Gasteiger partial charge in [0.05, 0.1) is 0 Å². The van der Waals surface area contributed by atoms with Crippen LogP contribution in [0.2, 0.25) is 0 Å². The summed E-state index contributed by atoms with van der Waals surface area (Å²) in [5.74, 6) is 0. The van der Waals surface area contributed by atoms with Gasteiger partial charge in [-0.1, -0.05) is 155 Å². The van der Waals surface area contributed by atoms with Gasteiger partial charge in [-0.05, 0) is 24.8 Å². The summed E-state index contributed by atoms with van der Waals surface area (Å²) in [6, 6.07) is 4.71. The first kappa shape index (κ1) is 32.2. The van der Waals surface area contributed by atoms with E-state index < -0.39 is 0 Å². The molecule has 0 radical (unpaired) electrons. The number of unbranched alkanes of at least 4 members (excludes halogenated alkanes) is 23. The number of pyridine rings is 1. The van der Waals surface area contributed by atoms with Crippen LogP contribution in [0.25, 0.3) is 0 Å². The third-order valence-electron chi connectivity index (χ3n) is 7.80. The summed E-state index contributed by atoms with van der Waals surface area (Å²) in [6.07, 6.45) is 41.8. The van der Waals surface area contributed by atoms with E-state index >= 15 is 0 Å². The van der Waals surface area contributed by atoms with E-state index in [1.807, 2.05) is 0 Å². The second-order valence-corrected chi connectivity index (χ2v) is 11.3. The Bertz CT molecular complexity index is 520. The molecule has 0 atom stereocenters. The highest BCUT2D eigenvalue weighted by molar-refractivity contribution is 5.07. The van der Waals surface area contributed by atoms with Gasteiger partial charge in [-0.15, -0.1) is 0 Å². The molecule has 0 spiro atoms. The third kappa shape index (κ3) is 22.1. The van der Waals surface area contributed by atoms with Crippen LogP contribution in [0.3, 0.4) is 0 Å². The predicted octanol–water partition coefficient (Wildman–Crippen LogP) is 11.3. The van der Waals surface area contributed by atoms with Crippen molar-refractivity contribution in [2.45, 2.75) is 187 Å². The van der Waals surface area contributed by atoms with Crippen molar-refractivity contribution < 1.29 is 4.57 Å². The van der Waals surface area contributed by atoms with Gasteiger partial charge in [0.15, 0.2) is 12.4 Å². The molecule has 0 fully saturated rings. The van der Waals surface area contributed by atoms with Crippen LogP contribution in [0, 0.1) is 0 Å². The molecular weight excluding hydrogens is 422 g/mol. The van der Waals surface area contributed by atoms with Gasteiger partial charge in [-0.2, -0.15) is 0 Å². The monoisotopic (exact) mass is 487 g/mol. The highest BCUT2D eigenvalue weighted by Gasteiger charge is 2.02. The SMILES string of the molecule is CCCCCCCCCCCCCCCCCCCC[n+]1ccc(CCCCCCCCC)cc1. The standard InChI is InChI=1S/C34H64N/c1-3-5-7-9-11-12-13-14-15-16-17-18-19-20-21-23-25-27-31-35-32-29-34(30-33-35)28-26-24-22-10-8-6-4-2/h29-30,32-33H,3-28,31H2,1-2H3/q+1. The zero-order valence-electron chi connectivity index (χ0n) is 24.3. The number of nitrogens with zero attached hydrogens (tertiary/aromatic N) is 1. The van der Waals surface area contributed by atoms with Crippen LogP contribution in [0.4, 0.5) is 0 Å². The maximum absolute atomic E-state index is 2.39. The van der Waals surface area contributed by atoms with Crippen molar-refractivity contribution in [3.63, 3.8) is 0 Å². The summed E-state index contributed by atoms with van der Waals surface area (Å²) < 4.78 is 2.39. The molecule has 0 N–H and O–H groups in total. The molecule has 1 heterocycles. The summed E-state index contributed by atoms with van der Waals surface area (Å²) in [4.78, 5) is 0. The quantitative estimate of drug-likeness (QED) is 0.0859. The van der Waals surface area contributed by atoms with Gasteiger partial charge >= 0.3 is 0 Å². The molecule has 0 amide bonds. The van der Waals surface area contributed by atoms with Gasteiger partial charge in [-0.3, -0.25) is 0 Å². The van der Waals surface area contributed by atoms with Crippen LogP contribution in [-0.4, -0.2) is 0 Å². The number of hydrogen-bond acceptors (Lipinski definition) is 0. The van der Waals surface area contributed by atoms with Crippen LogP contribution < -0.4 is 4.57 Å². The van der Waals surface area contributed by atoms with Crippen LogP contribution in [-0.2, 0) is 13.0 Å². The van der Waals surface area contributed by atoms with Crippen molar-refractivity contribution in [1.29, 1.82) is 0 Å². The van der Waals surface area contributed by atoms with Crippen molar-refractivity contribution in [2.75, 3.05) is 0 Å². The van der Waals surface area contributed by atoms with E-state index in [0.29, 0.717) is 0 Å². The molecule has 1 heteroatoms. The number of aromatic nitrogens is 1. The second kappa shape index (κ2) is 26.2. The summed E-state index contributed by atoms with van der Waals surface area (Å²) >= 11 is 0. The van der Waals surface area contributed by atoms with E-state index in [9.17, 15) is 0 Å². The fourth-order valence-electron chi connectivity index (χ4n) is 5.29.